The second-order valence-electron chi connectivity index (χ2n) is 5.57. The lowest BCUT2D eigenvalue weighted by atomic mass is 10.1. The summed E-state index contributed by atoms with van der Waals surface area (Å²) in [7, 11) is 0. The van der Waals surface area contributed by atoms with Crippen molar-refractivity contribution in [2.75, 3.05) is 11.9 Å². The molecule has 0 aromatic heterocycles. The van der Waals surface area contributed by atoms with Crippen molar-refractivity contribution in [3.63, 3.8) is 0 Å². The minimum Gasteiger partial charge on any atom is -0.494 e. The first-order chi connectivity index (χ1) is 11.5. The van der Waals surface area contributed by atoms with E-state index in [0.717, 1.165) is 11.4 Å². The smallest absolute Gasteiger partial charge is 0.226 e. The van der Waals surface area contributed by atoms with Gasteiger partial charge in [-0.2, -0.15) is 0 Å². The number of hydrogen-bond donors (Lipinski definition) is 2. The molecule has 126 valence electrons. The van der Waals surface area contributed by atoms with Crippen LogP contribution in [0.3, 0.4) is 0 Å². The molecule has 2 aromatic rings. The predicted molar refractivity (Wildman–Crippen MR) is 101 cm³/mol. The molecule has 0 aliphatic carbocycles. The minimum absolute atomic E-state index is 0.118. The first-order valence-electron chi connectivity index (χ1n) is 7.90. The highest BCUT2D eigenvalue weighted by molar-refractivity contribution is 7.80. The highest BCUT2D eigenvalue weighted by Gasteiger charge is 2.05. The van der Waals surface area contributed by atoms with Crippen LogP contribution in [-0.4, -0.2) is 17.6 Å². The molecule has 2 aromatic carbocycles. The molecule has 0 saturated heterocycles. The molecule has 0 aliphatic rings. The van der Waals surface area contributed by atoms with Gasteiger partial charge in [-0.15, -0.1) is 0 Å². The van der Waals surface area contributed by atoms with Crippen molar-refractivity contribution in [3.8, 4) is 5.75 Å². The second-order valence-corrected chi connectivity index (χ2v) is 5.97. The van der Waals surface area contributed by atoms with Gasteiger partial charge in [0.15, 0.2) is 5.11 Å². The fraction of sp³-hybridized carbons (Fsp3) is 0.263. The van der Waals surface area contributed by atoms with Crippen LogP contribution in [0, 0.1) is 13.8 Å². The van der Waals surface area contributed by atoms with E-state index in [4.69, 9.17) is 17.0 Å². The Morgan fingerprint density at radius 2 is 1.83 bits per heavy atom. The molecule has 0 aliphatic heterocycles. The molecule has 0 spiro atoms. The van der Waals surface area contributed by atoms with Gasteiger partial charge in [0.2, 0.25) is 5.91 Å². The van der Waals surface area contributed by atoms with E-state index in [1.165, 1.54) is 11.1 Å². The van der Waals surface area contributed by atoms with Crippen LogP contribution in [0.2, 0.25) is 0 Å². The summed E-state index contributed by atoms with van der Waals surface area (Å²) in [5, 5.41) is 6.02. The topological polar surface area (TPSA) is 50.4 Å². The number of anilines is 1. The fourth-order valence-corrected chi connectivity index (χ4v) is 2.34. The van der Waals surface area contributed by atoms with Gasteiger partial charge in [-0.25, -0.2) is 0 Å². The monoisotopic (exact) mass is 342 g/mol. The molecular weight excluding hydrogens is 320 g/mol. The Morgan fingerprint density at radius 3 is 2.54 bits per heavy atom. The van der Waals surface area contributed by atoms with E-state index in [2.05, 4.69) is 17.6 Å². The van der Waals surface area contributed by atoms with Crippen molar-refractivity contribution in [2.45, 2.75) is 26.7 Å². The molecule has 0 atom stereocenters. The Hall–Kier alpha value is -2.40. The SMILES string of the molecule is Cc1ccc(NC(=S)NC(=O)CCCOc2ccccc2)cc1C. The number of nitrogens with one attached hydrogen (secondary N) is 2. The van der Waals surface area contributed by atoms with Gasteiger partial charge in [0, 0.05) is 12.1 Å². The van der Waals surface area contributed by atoms with Gasteiger partial charge in [-0.1, -0.05) is 24.3 Å². The van der Waals surface area contributed by atoms with E-state index in [-0.39, 0.29) is 5.91 Å². The Kier molecular flexibility index (Phi) is 6.75. The van der Waals surface area contributed by atoms with Crippen LogP contribution in [-0.2, 0) is 4.79 Å². The second kappa shape index (κ2) is 9.03. The zero-order valence-electron chi connectivity index (χ0n) is 14.0. The number of para-hydroxylation sites is 1. The Balaban J connectivity index is 1.68. The molecule has 0 saturated carbocycles. The van der Waals surface area contributed by atoms with Gasteiger partial charge < -0.3 is 15.4 Å². The summed E-state index contributed by atoms with van der Waals surface area (Å²) in [6.07, 6.45) is 0.995. The van der Waals surface area contributed by atoms with Crippen LogP contribution in [0.5, 0.6) is 5.75 Å². The Morgan fingerprint density at radius 1 is 1.08 bits per heavy atom. The third kappa shape index (κ3) is 6.01. The molecule has 24 heavy (non-hydrogen) atoms. The summed E-state index contributed by atoms with van der Waals surface area (Å²) >= 11 is 5.17. The number of carbonyl (C=O) groups is 1. The van der Waals surface area contributed by atoms with Crippen LogP contribution < -0.4 is 15.4 Å². The minimum atomic E-state index is -0.118. The number of carbonyl (C=O) groups excluding carboxylic acids is 1. The first kappa shape index (κ1) is 17.9. The molecule has 0 radical (unpaired) electrons. The van der Waals surface area contributed by atoms with Gasteiger partial charge in [0.05, 0.1) is 6.61 Å². The van der Waals surface area contributed by atoms with Gasteiger partial charge in [-0.3, -0.25) is 4.79 Å². The van der Waals surface area contributed by atoms with Crippen LogP contribution in [0.1, 0.15) is 24.0 Å². The molecule has 0 heterocycles. The lowest BCUT2D eigenvalue weighted by Gasteiger charge is -2.11. The summed E-state index contributed by atoms with van der Waals surface area (Å²) in [5.74, 6) is 0.692. The molecular formula is C19H22N2O2S. The zero-order chi connectivity index (χ0) is 17.4. The average Bonchev–Trinajstić information content (AvgIpc) is 2.56. The summed E-state index contributed by atoms with van der Waals surface area (Å²) in [6, 6.07) is 15.5. The van der Waals surface area contributed by atoms with Crippen molar-refractivity contribution in [3.05, 3.63) is 59.7 Å². The number of thiocarbonyl (C=S) groups is 1. The third-order valence-electron chi connectivity index (χ3n) is 3.58. The van der Waals surface area contributed by atoms with Crippen molar-refractivity contribution in [1.29, 1.82) is 0 Å². The maximum Gasteiger partial charge on any atom is 0.226 e. The maximum absolute atomic E-state index is 11.9. The molecule has 4 nitrogen and oxygen atoms in total. The molecule has 0 unspecified atom stereocenters. The van der Waals surface area contributed by atoms with Gasteiger partial charge in [0.25, 0.3) is 0 Å². The van der Waals surface area contributed by atoms with E-state index in [1.54, 1.807) is 0 Å². The van der Waals surface area contributed by atoms with E-state index in [1.807, 2.05) is 55.5 Å². The number of aryl methyl sites for hydroxylation is 2. The van der Waals surface area contributed by atoms with Crippen LogP contribution in [0.4, 0.5) is 5.69 Å². The largest absolute Gasteiger partial charge is 0.494 e. The normalized spacial score (nSPS) is 10.1. The Labute approximate surface area is 148 Å². The number of rotatable bonds is 6. The summed E-state index contributed by atoms with van der Waals surface area (Å²) in [4.78, 5) is 11.9. The predicted octanol–water partition coefficient (Wildman–Crippen LogP) is 3.98. The van der Waals surface area contributed by atoms with Crippen molar-refractivity contribution in [1.82, 2.24) is 5.32 Å². The van der Waals surface area contributed by atoms with Gasteiger partial charge in [0.1, 0.15) is 5.75 Å². The van der Waals surface area contributed by atoms with E-state index >= 15 is 0 Å². The molecule has 5 heteroatoms. The van der Waals surface area contributed by atoms with Crippen molar-refractivity contribution >= 4 is 28.9 Å². The zero-order valence-corrected chi connectivity index (χ0v) is 14.8. The molecule has 2 N–H and O–H groups in total. The number of hydrogen-bond acceptors (Lipinski definition) is 3. The van der Waals surface area contributed by atoms with E-state index in [9.17, 15) is 4.79 Å². The first-order valence-corrected chi connectivity index (χ1v) is 8.31. The number of amides is 1. The summed E-state index contributed by atoms with van der Waals surface area (Å²) < 4.78 is 5.55. The highest BCUT2D eigenvalue weighted by atomic mass is 32.1. The van der Waals surface area contributed by atoms with Gasteiger partial charge >= 0.3 is 0 Å². The molecule has 0 fully saturated rings. The molecule has 1 amide bonds. The van der Waals surface area contributed by atoms with Crippen LogP contribution >= 0.6 is 12.2 Å². The van der Waals surface area contributed by atoms with Gasteiger partial charge in [-0.05, 0) is 67.9 Å². The molecule has 2 rings (SSSR count). The summed E-state index contributed by atoms with van der Waals surface area (Å²) in [5.41, 5.74) is 3.26. The summed E-state index contributed by atoms with van der Waals surface area (Å²) in [6.45, 7) is 4.58. The highest BCUT2D eigenvalue weighted by Crippen LogP contribution is 2.14. The quantitative estimate of drug-likeness (QED) is 0.616. The number of benzene rings is 2. The van der Waals surface area contributed by atoms with Crippen molar-refractivity contribution in [2.24, 2.45) is 0 Å². The maximum atomic E-state index is 11.9. The van der Waals surface area contributed by atoms with Crippen LogP contribution in [0.15, 0.2) is 48.5 Å². The van der Waals surface area contributed by atoms with Crippen LogP contribution in [0.25, 0.3) is 0 Å². The lowest BCUT2D eigenvalue weighted by Crippen LogP contribution is -2.34. The van der Waals surface area contributed by atoms with E-state index < -0.39 is 0 Å². The lowest BCUT2D eigenvalue weighted by molar-refractivity contribution is -0.119. The average molecular weight is 342 g/mol. The van der Waals surface area contributed by atoms with E-state index in [0.29, 0.717) is 24.6 Å². The standard InChI is InChI=1S/C19H22N2O2S/c1-14-10-11-16(13-15(14)2)20-19(24)21-18(22)9-6-12-23-17-7-4-3-5-8-17/h3-5,7-8,10-11,13H,6,9,12H2,1-2H3,(H2,20,21,22,24). The third-order valence-corrected chi connectivity index (χ3v) is 3.78. The number of ether oxygens (including phenoxy) is 1. The molecule has 0 bridgehead atoms. The fourth-order valence-electron chi connectivity index (χ4n) is 2.11. The Bertz CT molecular complexity index is 702. The van der Waals surface area contributed by atoms with Crippen molar-refractivity contribution < 1.29 is 9.53 Å².